The fourth-order valence-electron chi connectivity index (χ4n) is 1.81. The lowest BCUT2D eigenvalue weighted by molar-refractivity contribution is -0.0207. The van der Waals surface area contributed by atoms with E-state index in [1.54, 1.807) is 4.57 Å². The highest BCUT2D eigenvalue weighted by Gasteiger charge is 2.27. The second kappa shape index (κ2) is 3.94. The molecular formula is C10H13N5O2. The normalized spacial score (nSPS) is 34.9. The molecule has 0 amide bonds. The van der Waals surface area contributed by atoms with Crippen LogP contribution in [0.5, 0.6) is 0 Å². The lowest BCUT2D eigenvalue weighted by Crippen LogP contribution is -2.14. The van der Waals surface area contributed by atoms with Crippen molar-refractivity contribution < 1.29 is 12.6 Å². The molecule has 4 atom stereocenters. The first-order valence-corrected chi connectivity index (χ1v) is 5.17. The van der Waals surface area contributed by atoms with Gasteiger partial charge in [-0.2, -0.15) is 0 Å². The number of imidazole rings is 1. The lowest BCUT2D eigenvalue weighted by Gasteiger charge is -2.13. The van der Waals surface area contributed by atoms with Crippen molar-refractivity contribution in [3.05, 3.63) is 12.7 Å². The molecule has 2 aromatic heterocycles. The minimum atomic E-state index is -0.828. The molecule has 90 valence electrons. The number of aliphatic hydroxyl groups is 1. The van der Waals surface area contributed by atoms with Gasteiger partial charge in [-0.25, -0.2) is 15.0 Å². The van der Waals surface area contributed by atoms with E-state index < -0.39 is 25.1 Å². The van der Waals surface area contributed by atoms with Gasteiger partial charge in [0.25, 0.3) is 0 Å². The molecule has 3 heterocycles. The van der Waals surface area contributed by atoms with E-state index in [4.69, 9.17) is 18.3 Å². The molecule has 1 aliphatic rings. The van der Waals surface area contributed by atoms with E-state index in [1.165, 1.54) is 12.7 Å². The molecular weight excluding hydrogens is 222 g/mol. The molecule has 0 aromatic carbocycles. The minimum absolute atomic E-state index is 0.254. The van der Waals surface area contributed by atoms with E-state index in [9.17, 15) is 0 Å². The number of anilines is 1. The quantitative estimate of drug-likeness (QED) is 0.767. The zero-order chi connectivity index (χ0) is 13.6. The van der Waals surface area contributed by atoms with Crippen LogP contribution in [0.25, 0.3) is 11.2 Å². The number of rotatable bonds is 2. The number of hydrogen-bond donors (Lipinski definition) is 2. The fraction of sp³-hybridized carbons (Fsp3) is 0.500. The van der Waals surface area contributed by atoms with E-state index in [1.807, 2.05) is 0 Å². The number of ether oxygens (including phenoxy) is 1. The lowest BCUT2D eigenvalue weighted by atomic mass is 10.2. The molecule has 17 heavy (non-hydrogen) atoms. The summed E-state index contributed by atoms with van der Waals surface area (Å²) in [5.41, 5.74) is 6.59. The van der Waals surface area contributed by atoms with Gasteiger partial charge in [-0.1, -0.05) is 0 Å². The Labute approximate surface area is 100 Å². The number of fused-ring (bicyclic) bond motifs is 1. The summed E-state index contributed by atoms with van der Waals surface area (Å²) in [6.45, 7) is -0.288. The van der Waals surface area contributed by atoms with Crippen molar-refractivity contribution in [1.29, 1.82) is 0 Å². The van der Waals surface area contributed by atoms with Crippen LogP contribution in [0.3, 0.4) is 0 Å². The maximum atomic E-state index is 9.13. The largest absolute Gasteiger partial charge is 0.394 e. The molecule has 7 heteroatoms. The SMILES string of the molecule is [2H][C@@H]1[C@H]([2H])[C@@H](CO)O[C@H]1n1cnc2c(N)ncnc21. The molecule has 7 nitrogen and oxygen atoms in total. The average molecular weight is 237 g/mol. The number of nitrogens with two attached hydrogens (primary N) is 1. The van der Waals surface area contributed by atoms with E-state index in [-0.39, 0.29) is 12.4 Å². The van der Waals surface area contributed by atoms with Crippen LogP contribution in [-0.2, 0) is 4.74 Å². The first-order chi connectivity index (χ1) is 9.13. The Hall–Kier alpha value is -1.73. The second-order valence-corrected chi connectivity index (χ2v) is 3.72. The molecule has 3 N–H and O–H groups in total. The monoisotopic (exact) mass is 237 g/mol. The van der Waals surface area contributed by atoms with Crippen LogP contribution >= 0.6 is 0 Å². The molecule has 0 radical (unpaired) electrons. The van der Waals surface area contributed by atoms with Crippen LogP contribution < -0.4 is 5.73 Å². The third-order valence-electron chi connectivity index (χ3n) is 2.65. The van der Waals surface area contributed by atoms with Crippen molar-refractivity contribution in [2.24, 2.45) is 0 Å². The summed E-state index contributed by atoms with van der Waals surface area (Å²) in [6.07, 6.45) is -0.250. The standard InChI is InChI=1S/C10H13N5O2/c11-9-8-10(13-4-12-9)15(5-14-8)7-2-1-6(3-16)17-7/h4-7,16H,1-3H2,(H2,11,12,13)/t6-,7+/m0/s1/i1D,2D/t1-,2+,6-,7+. The number of nitrogen functional groups attached to an aromatic ring is 1. The van der Waals surface area contributed by atoms with Crippen molar-refractivity contribution in [2.75, 3.05) is 12.3 Å². The van der Waals surface area contributed by atoms with Gasteiger partial charge in [0.1, 0.15) is 18.1 Å². The van der Waals surface area contributed by atoms with Crippen LogP contribution in [0.15, 0.2) is 12.7 Å². The summed E-state index contributed by atoms with van der Waals surface area (Å²) in [6, 6.07) is 0. The van der Waals surface area contributed by atoms with Crippen molar-refractivity contribution in [3.63, 3.8) is 0 Å². The Morgan fingerprint density at radius 3 is 3.18 bits per heavy atom. The van der Waals surface area contributed by atoms with E-state index in [0.717, 1.165) is 0 Å². The van der Waals surface area contributed by atoms with Crippen LogP contribution in [-0.4, -0.2) is 37.3 Å². The summed E-state index contributed by atoms with van der Waals surface area (Å²) in [4.78, 5) is 12.0. The Morgan fingerprint density at radius 2 is 2.41 bits per heavy atom. The van der Waals surface area contributed by atoms with Gasteiger partial charge in [-0.3, -0.25) is 4.57 Å². The van der Waals surface area contributed by atoms with Crippen molar-refractivity contribution in [3.8, 4) is 0 Å². The van der Waals surface area contributed by atoms with Gasteiger partial charge in [-0.15, -0.1) is 0 Å². The topological polar surface area (TPSA) is 99.1 Å². The number of aliphatic hydroxyl groups excluding tert-OH is 1. The van der Waals surface area contributed by atoms with Gasteiger partial charge in [0.05, 0.1) is 19.0 Å². The predicted molar refractivity (Wildman–Crippen MR) is 60.0 cm³/mol. The minimum Gasteiger partial charge on any atom is -0.394 e. The molecule has 0 aliphatic carbocycles. The average Bonchev–Trinajstić information content (AvgIpc) is 2.94. The molecule has 0 saturated carbocycles. The molecule has 1 aliphatic heterocycles. The third-order valence-corrected chi connectivity index (χ3v) is 2.65. The highest BCUT2D eigenvalue weighted by molar-refractivity contribution is 5.81. The third kappa shape index (κ3) is 1.63. The molecule has 3 rings (SSSR count). The van der Waals surface area contributed by atoms with Gasteiger partial charge in [-0.05, 0) is 12.8 Å². The van der Waals surface area contributed by atoms with Crippen molar-refractivity contribution >= 4 is 17.0 Å². The zero-order valence-electron chi connectivity index (χ0n) is 10.9. The van der Waals surface area contributed by atoms with E-state index in [0.29, 0.717) is 11.2 Å². The molecule has 0 unspecified atom stereocenters. The molecule has 2 aromatic rings. The van der Waals surface area contributed by atoms with Gasteiger partial charge in [0.2, 0.25) is 0 Å². The van der Waals surface area contributed by atoms with E-state index in [2.05, 4.69) is 15.0 Å². The first kappa shape index (κ1) is 8.37. The van der Waals surface area contributed by atoms with Gasteiger partial charge >= 0.3 is 0 Å². The van der Waals surface area contributed by atoms with Crippen molar-refractivity contribution in [1.82, 2.24) is 19.5 Å². The van der Waals surface area contributed by atoms with Crippen LogP contribution in [0.2, 0.25) is 0 Å². The predicted octanol–water partition coefficient (Wildman–Crippen LogP) is 0.0784. The van der Waals surface area contributed by atoms with Gasteiger partial charge < -0.3 is 15.6 Å². The maximum absolute atomic E-state index is 9.13. The maximum Gasteiger partial charge on any atom is 0.167 e. The fourth-order valence-corrected chi connectivity index (χ4v) is 1.81. The number of hydrogen-bond acceptors (Lipinski definition) is 6. The summed E-state index contributed by atoms with van der Waals surface area (Å²) in [7, 11) is 0. The van der Waals surface area contributed by atoms with E-state index >= 15 is 0 Å². The molecule has 0 spiro atoms. The van der Waals surface area contributed by atoms with Gasteiger partial charge in [0.15, 0.2) is 11.5 Å². The highest BCUT2D eigenvalue weighted by atomic mass is 16.5. The molecule has 1 saturated heterocycles. The Bertz CT molecular complexity index is 607. The summed E-state index contributed by atoms with van der Waals surface area (Å²) in [5, 5.41) is 9.13. The molecule has 1 fully saturated rings. The summed E-state index contributed by atoms with van der Waals surface area (Å²) < 4.78 is 22.9. The highest BCUT2D eigenvalue weighted by Crippen LogP contribution is 2.30. The summed E-state index contributed by atoms with van der Waals surface area (Å²) >= 11 is 0. The Balaban J connectivity index is 2.04. The van der Waals surface area contributed by atoms with Crippen LogP contribution in [0.4, 0.5) is 5.82 Å². The zero-order valence-corrected chi connectivity index (χ0v) is 8.89. The number of aromatic nitrogens is 4. The Morgan fingerprint density at radius 1 is 1.53 bits per heavy atom. The summed E-state index contributed by atoms with van der Waals surface area (Å²) in [5.74, 6) is 0.254. The van der Waals surface area contributed by atoms with Crippen LogP contribution in [0, 0.1) is 0 Å². The smallest absolute Gasteiger partial charge is 0.167 e. The molecule has 0 bridgehead atoms. The van der Waals surface area contributed by atoms with Crippen molar-refractivity contribution in [2.45, 2.75) is 25.1 Å². The number of nitrogens with zero attached hydrogens (tertiary/aromatic N) is 4. The van der Waals surface area contributed by atoms with Crippen LogP contribution in [0.1, 0.15) is 21.8 Å². The Kier molecular flexibility index (Phi) is 1.94. The first-order valence-electron chi connectivity index (χ1n) is 6.32. The van der Waals surface area contributed by atoms with Gasteiger partial charge in [0, 0.05) is 2.74 Å². The second-order valence-electron chi connectivity index (χ2n) is 3.72.